The van der Waals surface area contributed by atoms with Crippen LogP contribution in [0.2, 0.25) is 0 Å². The topological polar surface area (TPSA) is 48.0 Å². The quantitative estimate of drug-likeness (QED) is 0.563. The van der Waals surface area contributed by atoms with E-state index in [0.29, 0.717) is 0 Å². The summed E-state index contributed by atoms with van der Waals surface area (Å²) in [6.07, 6.45) is 3.93. The molecular weight excluding hydrogens is 258 g/mol. The molecule has 0 bridgehead atoms. The molecule has 0 aliphatic heterocycles. The summed E-state index contributed by atoms with van der Waals surface area (Å²) in [5, 5.41) is 0. The molecule has 0 aliphatic rings. The molecule has 0 saturated carbocycles. The molecule has 0 spiro atoms. The Balaban J connectivity index is 2.57. The van der Waals surface area contributed by atoms with Gasteiger partial charge in [0.1, 0.15) is 0 Å². The van der Waals surface area contributed by atoms with Gasteiger partial charge in [-0.05, 0) is 24.1 Å². The van der Waals surface area contributed by atoms with Gasteiger partial charge in [0.15, 0.2) is 11.5 Å². The molecule has 0 unspecified atom stereocenters. The molecule has 0 aliphatic carbocycles. The number of likely N-dealkylation sites (N-methyl/N-ethyl adjacent to an activating group) is 1. The van der Waals surface area contributed by atoms with Gasteiger partial charge in [-0.15, -0.1) is 0 Å². The molecule has 0 saturated heterocycles. The first-order valence-corrected chi connectivity index (χ1v) is 6.28. The highest BCUT2D eigenvalue weighted by atomic mass is 16.5. The third-order valence-electron chi connectivity index (χ3n) is 2.87. The van der Waals surface area contributed by atoms with Crippen molar-refractivity contribution < 1.29 is 19.0 Å². The number of ether oxygens (including phenoxy) is 3. The minimum atomic E-state index is -0.358. The number of nitrogens with zero attached hydrogens (tertiary/aromatic N) is 1. The molecule has 1 aromatic rings. The van der Waals surface area contributed by atoms with Crippen molar-refractivity contribution in [1.82, 2.24) is 4.90 Å². The highest BCUT2D eigenvalue weighted by Crippen LogP contribution is 2.27. The molecule has 5 nitrogen and oxygen atoms in total. The molecule has 110 valence electrons. The van der Waals surface area contributed by atoms with Crippen molar-refractivity contribution in [1.29, 1.82) is 0 Å². The average Bonchev–Trinajstić information content (AvgIpc) is 2.49. The Morgan fingerprint density at radius 2 is 1.90 bits per heavy atom. The average molecular weight is 279 g/mol. The molecule has 0 aromatic heterocycles. The maximum Gasteiger partial charge on any atom is 0.331 e. The van der Waals surface area contributed by atoms with Gasteiger partial charge in [0.05, 0.1) is 21.3 Å². The van der Waals surface area contributed by atoms with Crippen LogP contribution >= 0.6 is 0 Å². The number of rotatable bonds is 7. The van der Waals surface area contributed by atoms with E-state index in [1.807, 2.05) is 30.1 Å². The van der Waals surface area contributed by atoms with E-state index in [-0.39, 0.29) is 5.97 Å². The van der Waals surface area contributed by atoms with Crippen molar-refractivity contribution in [3.8, 4) is 11.5 Å². The lowest BCUT2D eigenvalue weighted by Crippen LogP contribution is -2.15. The second-order valence-electron chi connectivity index (χ2n) is 4.26. The fourth-order valence-corrected chi connectivity index (χ4v) is 1.67. The Morgan fingerprint density at radius 1 is 1.20 bits per heavy atom. The van der Waals surface area contributed by atoms with Gasteiger partial charge < -0.3 is 19.1 Å². The maximum absolute atomic E-state index is 11.0. The number of hydrogen-bond acceptors (Lipinski definition) is 5. The van der Waals surface area contributed by atoms with E-state index >= 15 is 0 Å². The molecule has 0 heterocycles. The second kappa shape index (κ2) is 8.09. The summed E-state index contributed by atoms with van der Waals surface area (Å²) in [7, 11) is 6.49. The van der Waals surface area contributed by atoms with Gasteiger partial charge >= 0.3 is 5.97 Å². The maximum atomic E-state index is 11.0. The number of hydrogen-bond donors (Lipinski definition) is 0. The fourth-order valence-electron chi connectivity index (χ4n) is 1.67. The van der Waals surface area contributed by atoms with Crippen LogP contribution in [0.3, 0.4) is 0 Å². The molecule has 0 N–H and O–H groups in total. The summed E-state index contributed by atoms with van der Waals surface area (Å²) in [5.74, 6) is 1.08. The van der Waals surface area contributed by atoms with Crippen LogP contribution in [0.25, 0.3) is 0 Å². The highest BCUT2D eigenvalue weighted by Gasteiger charge is 2.05. The lowest BCUT2D eigenvalue weighted by molar-refractivity contribution is -0.134. The SMILES string of the molecule is COC(=O)/C=C/N(C)CCc1ccc(OC)c(OC)c1. The van der Waals surface area contributed by atoms with Crippen molar-refractivity contribution in [3.05, 3.63) is 36.0 Å². The van der Waals surface area contributed by atoms with E-state index in [2.05, 4.69) is 4.74 Å². The predicted molar refractivity (Wildman–Crippen MR) is 77.0 cm³/mol. The number of benzene rings is 1. The molecule has 5 heteroatoms. The summed E-state index contributed by atoms with van der Waals surface area (Å²) in [6, 6.07) is 5.84. The summed E-state index contributed by atoms with van der Waals surface area (Å²) >= 11 is 0. The molecule has 0 atom stereocenters. The third kappa shape index (κ3) is 4.84. The van der Waals surface area contributed by atoms with Crippen LogP contribution in [0.15, 0.2) is 30.5 Å². The second-order valence-corrected chi connectivity index (χ2v) is 4.26. The number of carbonyl (C=O) groups excluding carboxylic acids is 1. The Bertz CT molecular complexity index is 471. The zero-order chi connectivity index (χ0) is 15.0. The van der Waals surface area contributed by atoms with E-state index in [4.69, 9.17) is 9.47 Å². The summed E-state index contributed by atoms with van der Waals surface area (Å²) in [5.41, 5.74) is 1.14. The first kappa shape index (κ1) is 15.9. The predicted octanol–water partition coefficient (Wildman–Crippen LogP) is 1.86. The van der Waals surface area contributed by atoms with Crippen molar-refractivity contribution in [2.24, 2.45) is 0 Å². The van der Waals surface area contributed by atoms with E-state index in [1.165, 1.54) is 13.2 Å². The van der Waals surface area contributed by atoms with Gasteiger partial charge in [-0.25, -0.2) is 4.79 Å². The first-order valence-electron chi connectivity index (χ1n) is 6.28. The van der Waals surface area contributed by atoms with Crippen molar-refractivity contribution in [2.45, 2.75) is 6.42 Å². The summed E-state index contributed by atoms with van der Waals surface area (Å²) in [6.45, 7) is 0.781. The van der Waals surface area contributed by atoms with Crippen LogP contribution in [0.4, 0.5) is 0 Å². The lowest BCUT2D eigenvalue weighted by atomic mass is 10.1. The third-order valence-corrected chi connectivity index (χ3v) is 2.87. The monoisotopic (exact) mass is 279 g/mol. The van der Waals surface area contributed by atoms with Crippen LogP contribution in [0.5, 0.6) is 11.5 Å². The fraction of sp³-hybridized carbons (Fsp3) is 0.400. The van der Waals surface area contributed by atoms with Crippen LogP contribution < -0.4 is 9.47 Å². The Kier molecular flexibility index (Phi) is 6.43. The van der Waals surface area contributed by atoms with Gasteiger partial charge in [0.2, 0.25) is 0 Å². The summed E-state index contributed by atoms with van der Waals surface area (Å²) in [4.78, 5) is 12.9. The minimum absolute atomic E-state index is 0.358. The van der Waals surface area contributed by atoms with Crippen molar-refractivity contribution in [2.75, 3.05) is 34.9 Å². The van der Waals surface area contributed by atoms with Gasteiger partial charge in [0, 0.05) is 25.9 Å². The Labute approximate surface area is 119 Å². The van der Waals surface area contributed by atoms with Crippen LogP contribution in [-0.2, 0) is 16.0 Å². The standard InChI is InChI=1S/C15H21NO4/c1-16(10-8-15(17)20-4)9-7-12-5-6-13(18-2)14(11-12)19-3/h5-6,8,10-11H,7,9H2,1-4H3/b10-8+. The Hall–Kier alpha value is -2.17. The number of esters is 1. The molecule has 1 rings (SSSR count). The molecule has 20 heavy (non-hydrogen) atoms. The van der Waals surface area contributed by atoms with Gasteiger partial charge in [-0.3, -0.25) is 0 Å². The normalized spacial score (nSPS) is 10.4. The number of methoxy groups -OCH3 is 3. The molecule has 1 aromatic carbocycles. The molecule has 0 fully saturated rings. The molecule has 0 radical (unpaired) electrons. The van der Waals surface area contributed by atoms with Crippen LogP contribution in [-0.4, -0.2) is 45.8 Å². The van der Waals surface area contributed by atoms with E-state index in [1.54, 1.807) is 20.4 Å². The molecular formula is C15H21NO4. The summed E-state index contributed by atoms with van der Waals surface area (Å²) < 4.78 is 15.0. The Morgan fingerprint density at radius 3 is 2.50 bits per heavy atom. The number of carbonyl (C=O) groups is 1. The minimum Gasteiger partial charge on any atom is -0.493 e. The smallest absolute Gasteiger partial charge is 0.331 e. The largest absolute Gasteiger partial charge is 0.493 e. The van der Waals surface area contributed by atoms with Crippen molar-refractivity contribution in [3.63, 3.8) is 0 Å². The van der Waals surface area contributed by atoms with E-state index in [9.17, 15) is 4.79 Å². The van der Waals surface area contributed by atoms with E-state index < -0.39 is 0 Å². The lowest BCUT2D eigenvalue weighted by Gasteiger charge is -2.14. The highest BCUT2D eigenvalue weighted by molar-refractivity contribution is 5.81. The van der Waals surface area contributed by atoms with E-state index in [0.717, 1.165) is 30.0 Å². The van der Waals surface area contributed by atoms with Gasteiger partial charge in [-0.1, -0.05) is 6.07 Å². The molecule has 0 amide bonds. The van der Waals surface area contributed by atoms with Crippen LogP contribution in [0.1, 0.15) is 5.56 Å². The first-order chi connectivity index (χ1) is 9.60. The van der Waals surface area contributed by atoms with Gasteiger partial charge in [-0.2, -0.15) is 0 Å². The van der Waals surface area contributed by atoms with Gasteiger partial charge in [0.25, 0.3) is 0 Å². The zero-order valence-electron chi connectivity index (χ0n) is 12.4. The zero-order valence-corrected chi connectivity index (χ0v) is 12.4. The van der Waals surface area contributed by atoms with Crippen molar-refractivity contribution >= 4 is 5.97 Å². The van der Waals surface area contributed by atoms with Crippen LogP contribution in [0, 0.1) is 0 Å².